The number of anilines is 1. The standard InChI is InChI=1S/C37H45ClN2O11S3/c1-36(2)27-11-5-6-12-29(27)39(19-7-9-23-52-51-50-41)33(36)17-15-31-35(38)32(49-22-21-48-31)16-18-34-37(3,4)28-25-26(54(45,46)47)13-14-30(28)40(34)20-8-10-24-53(42,43)44/h5-6,11-18,25H,7-10,19-24H2,1-4H3,(H2-,41,42,43,44,45,46,47). The molecule has 0 unspecified atom stereocenters. The molecule has 0 atom stereocenters. The van der Waals surface area contributed by atoms with E-state index in [1.54, 1.807) is 12.1 Å². The van der Waals surface area contributed by atoms with Gasteiger partial charge < -0.3 is 19.6 Å². The smallest absolute Gasteiger partial charge is 0.294 e. The number of para-hydroxylation sites is 1. The van der Waals surface area contributed by atoms with Crippen molar-refractivity contribution < 1.29 is 54.6 Å². The minimum Gasteiger partial charge on any atom is -0.691 e. The summed E-state index contributed by atoms with van der Waals surface area (Å²) in [6.45, 7) is 9.73. The van der Waals surface area contributed by atoms with Gasteiger partial charge >= 0.3 is 0 Å². The van der Waals surface area contributed by atoms with E-state index < -0.39 is 25.7 Å². The van der Waals surface area contributed by atoms with Gasteiger partial charge in [0, 0.05) is 65.3 Å². The highest BCUT2D eigenvalue weighted by Gasteiger charge is 2.44. The molecular weight excluding hydrogens is 780 g/mol. The molecule has 294 valence electrons. The maximum absolute atomic E-state index is 12.0. The summed E-state index contributed by atoms with van der Waals surface area (Å²) < 4.78 is 84.6. The largest absolute Gasteiger partial charge is 0.691 e. The minimum absolute atomic E-state index is 0.206. The monoisotopic (exact) mass is 824 g/mol. The average Bonchev–Trinajstić information content (AvgIpc) is 3.35. The summed E-state index contributed by atoms with van der Waals surface area (Å²) in [7, 11) is -8.61. The van der Waals surface area contributed by atoms with Gasteiger partial charge in [-0.15, -0.1) is 0 Å². The topological polar surface area (TPSA) is 175 Å². The zero-order valence-electron chi connectivity index (χ0n) is 30.5. The summed E-state index contributed by atoms with van der Waals surface area (Å²) in [4.78, 5) is 1.72. The first kappa shape index (κ1) is 42.0. The van der Waals surface area contributed by atoms with Crippen LogP contribution < -0.4 is 10.2 Å². The lowest BCUT2D eigenvalue weighted by Gasteiger charge is -2.27. The Morgan fingerprint density at radius 3 is 2.41 bits per heavy atom. The van der Waals surface area contributed by atoms with Gasteiger partial charge in [0.1, 0.15) is 36.3 Å². The van der Waals surface area contributed by atoms with Crippen LogP contribution in [0.4, 0.5) is 11.4 Å². The molecule has 0 radical (unpaired) electrons. The molecule has 2 aromatic carbocycles. The molecule has 0 aliphatic carbocycles. The average molecular weight is 825 g/mol. The summed E-state index contributed by atoms with van der Waals surface area (Å²) in [5.41, 5.74) is 4.36. The Kier molecular flexibility index (Phi) is 13.4. The van der Waals surface area contributed by atoms with Crippen molar-refractivity contribution in [1.82, 2.24) is 0 Å². The zero-order chi connectivity index (χ0) is 39.3. The first-order valence-corrected chi connectivity index (χ1v) is 21.7. The van der Waals surface area contributed by atoms with Crippen LogP contribution in [-0.2, 0) is 49.9 Å². The van der Waals surface area contributed by atoms with Gasteiger partial charge in [-0.3, -0.25) is 14.1 Å². The number of fused-ring (bicyclic) bond motifs is 2. The number of nitrogens with zero attached hydrogens (tertiary/aromatic N) is 2. The first-order valence-electron chi connectivity index (χ1n) is 17.4. The Morgan fingerprint density at radius 1 is 0.944 bits per heavy atom. The van der Waals surface area contributed by atoms with Gasteiger partial charge in [0.2, 0.25) is 5.69 Å². The molecule has 0 saturated carbocycles. The molecule has 17 heteroatoms. The fourth-order valence-electron chi connectivity index (χ4n) is 7.08. The van der Waals surface area contributed by atoms with Crippen LogP contribution in [0.5, 0.6) is 0 Å². The van der Waals surface area contributed by atoms with Gasteiger partial charge in [0.25, 0.3) is 20.2 Å². The van der Waals surface area contributed by atoms with Crippen LogP contribution in [0.15, 0.2) is 93.9 Å². The van der Waals surface area contributed by atoms with Crippen molar-refractivity contribution in [2.45, 2.75) is 69.1 Å². The lowest BCUT2D eigenvalue weighted by atomic mass is 9.81. The van der Waals surface area contributed by atoms with Crippen molar-refractivity contribution >= 4 is 61.0 Å². The highest BCUT2D eigenvalue weighted by atomic mass is 35.5. The van der Waals surface area contributed by atoms with E-state index in [0.29, 0.717) is 41.5 Å². The zero-order valence-corrected chi connectivity index (χ0v) is 33.7. The molecule has 3 aliphatic rings. The summed E-state index contributed by atoms with van der Waals surface area (Å²) in [5.74, 6) is 0.989. The van der Waals surface area contributed by atoms with E-state index in [9.17, 15) is 31.2 Å². The molecule has 3 heterocycles. The van der Waals surface area contributed by atoms with Gasteiger partial charge in [0.05, 0.1) is 16.1 Å². The number of hydrogen-bond acceptors (Lipinski definition) is 11. The van der Waals surface area contributed by atoms with Crippen LogP contribution in [0, 0.1) is 0 Å². The molecule has 2 aromatic rings. The van der Waals surface area contributed by atoms with Crippen LogP contribution >= 0.6 is 23.6 Å². The molecule has 0 spiro atoms. The lowest BCUT2D eigenvalue weighted by Crippen LogP contribution is -2.28. The molecule has 0 saturated heterocycles. The Bertz CT molecular complexity index is 2110. The molecule has 0 fully saturated rings. The third-order valence-corrected chi connectivity index (χ3v) is 12.4. The van der Waals surface area contributed by atoms with Crippen molar-refractivity contribution in [2.75, 3.05) is 42.7 Å². The number of halogens is 1. The van der Waals surface area contributed by atoms with Gasteiger partial charge in [-0.2, -0.15) is 25.7 Å². The van der Waals surface area contributed by atoms with Crippen molar-refractivity contribution in [3.8, 4) is 0 Å². The summed E-state index contributed by atoms with van der Waals surface area (Å²) in [6.07, 6.45) is 9.67. The normalized spacial score (nSPS) is 19.7. The maximum atomic E-state index is 12.0. The fourth-order valence-corrected chi connectivity index (χ4v) is 8.82. The number of allylic oxidation sites excluding steroid dienone is 6. The number of hydrogen-bond donors (Lipinski definition) is 2. The molecule has 54 heavy (non-hydrogen) atoms. The third-order valence-electron chi connectivity index (χ3n) is 9.75. The number of rotatable bonds is 16. The molecule has 13 nitrogen and oxygen atoms in total. The van der Waals surface area contributed by atoms with Gasteiger partial charge in [-0.25, -0.2) is 0 Å². The van der Waals surface area contributed by atoms with Gasteiger partial charge in [0.15, 0.2) is 5.71 Å². The molecule has 3 aliphatic heterocycles. The lowest BCUT2D eigenvalue weighted by molar-refractivity contribution is -0.777. The minimum atomic E-state index is -4.47. The molecular formula is C37H45ClN2O11S3. The van der Waals surface area contributed by atoms with Crippen LogP contribution in [-0.4, -0.2) is 74.0 Å². The SMILES string of the molecule is CC1(C)C(/C=C/C2=C(Cl)C(=C/C=C3/N(CCCCS(=O)(=O)O)c4ccc(S(=O)(=O)O)cc4C3(C)C)/OCCO2)=[N+](CCCCSOO[O-])c2ccccc21. The van der Waals surface area contributed by atoms with Crippen LogP contribution in [0.25, 0.3) is 0 Å². The fraction of sp³-hybridized carbons (Fsp3) is 0.432. The first-order chi connectivity index (χ1) is 25.5. The summed E-state index contributed by atoms with van der Waals surface area (Å²) >= 11 is 7.97. The van der Waals surface area contributed by atoms with Gasteiger partial charge in [-0.1, -0.05) is 43.6 Å². The van der Waals surface area contributed by atoms with E-state index >= 15 is 0 Å². The quantitative estimate of drug-likeness (QED) is 0.0486. The van der Waals surface area contributed by atoms with E-state index in [1.165, 1.54) is 17.7 Å². The van der Waals surface area contributed by atoms with E-state index in [2.05, 4.69) is 39.9 Å². The second kappa shape index (κ2) is 17.3. The summed E-state index contributed by atoms with van der Waals surface area (Å²) in [6, 6.07) is 12.6. The Labute approximate surface area is 326 Å². The van der Waals surface area contributed by atoms with Crippen LogP contribution in [0.3, 0.4) is 0 Å². The summed E-state index contributed by atoms with van der Waals surface area (Å²) in [5, 5.41) is 13.8. The highest BCUT2D eigenvalue weighted by Crippen LogP contribution is 2.49. The molecule has 0 amide bonds. The predicted molar refractivity (Wildman–Crippen MR) is 205 cm³/mol. The predicted octanol–water partition coefficient (Wildman–Crippen LogP) is 6.25. The van der Waals surface area contributed by atoms with Crippen molar-refractivity contribution in [3.63, 3.8) is 0 Å². The number of ether oxygens (including phenoxy) is 2. The van der Waals surface area contributed by atoms with E-state index in [-0.39, 0.29) is 40.7 Å². The Hall–Kier alpha value is -3.19. The van der Waals surface area contributed by atoms with Crippen LogP contribution in [0.1, 0.15) is 64.5 Å². The van der Waals surface area contributed by atoms with Crippen molar-refractivity contribution in [2.24, 2.45) is 0 Å². The number of benzene rings is 2. The van der Waals surface area contributed by atoms with E-state index in [1.807, 2.05) is 49.1 Å². The maximum Gasteiger partial charge on any atom is 0.294 e. The van der Waals surface area contributed by atoms with Crippen molar-refractivity contribution in [1.29, 1.82) is 0 Å². The second-order valence-electron chi connectivity index (χ2n) is 14.1. The third kappa shape index (κ3) is 9.60. The second-order valence-corrected chi connectivity index (χ2v) is 18.2. The van der Waals surface area contributed by atoms with E-state index in [0.717, 1.165) is 48.5 Å². The Balaban J connectivity index is 1.48. The van der Waals surface area contributed by atoms with Crippen molar-refractivity contribution in [3.05, 3.63) is 100 Å². The highest BCUT2D eigenvalue weighted by molar-refractivity contribution is 7.94. The van der Waals surface area contributed by atoms with Gasteiger partial charge in [-0.05, 0) is 75.1 Å². The van der Waals surface area contributed by atoms with E-state index in [4.69, 9.17) is 21.1 Å². The molecule has 2 N–H and O–H groups in total. The molecule has 5 rings (SSSR count). The number of unbranched alkanes of at least 4 members (excludes halogenated alkanes) is 2. The Morgan fingerprint density at radius 2 is 1.69 bits per heavy atom. The molecule has 0 aromatic heterocycles. The van der Waals surface area contributed by atoms with Crippen LogP contribution in [0.2, 0.25) is 0 Å². The molecule has 0 bridgehead atoms.